The van der Waals surface area contributed by atoms with Crippen molar-refractivity contribution in [3.63, 3.8) is 0 Å². The molecule has 7 aromatic rings. The molecule has 1 aliphatic carbocycles. The molecule has 0 aromatic heterocycles. The molecule has 0 unspecified atom stereocenters. The van der Waals surface area contributed by atoms with Crippen LogP contribution in [0.25, 0.3) is 22.3 Å². The van der Waals surface area contributed by atoms with Gasteiger partial charge in [-0.25, -0.2) is 0 Å². The molecule has 0 aliphatic heterocycles. The number of rotatable bonds is 6. The fourth-order valence-corrected chi connectivity index (χ4v) is 10.4. The fourth-order valence-electron chi connectivity index (χ4n) is 7.39. The largest absolute Gasteiger partial charge is 0.132 e. The second kappa shape index (κ2) is 11.1. The number of benzene rings is 7. The molecule has 8 rings (SSSR count). The number of hydrogen-bond donors (Lipinski definition) is 0. The van der Waals surface area contributed by atoms with E-state index >= 15 is 0 Å². The third-order valence-corrected chi connectivity index (χ3v) is 12.4. The summed E-state index contributed by atoms with van der Waals surface area (Å²) in [5.74, 6) is 0. The van der Waals surface area contributed by atoms with Crippen molar-refractivity contribution in [2.24, 2.45) is 0 Å². The van der Waals surface area contributed by atoms with Crippen molar-refractivity contribution < 1.29 is 0 Å². The van der Waals surface area contributed by atoms with Crippen molar-refractivity contribution in [3.05, 3.63) is 210 Å². The van der Waals surface area contributed by atoms with E-state index in [1.165, 1.54) is 60.1 Å². The zero-order valence-electron chi connectivity index (χ0n) is 24.5. The van der Waals surface area contributed by atoms with Crippen LogP contribution in [-0.4, -0.2) is 8.80 Å². The summed E-state index contributed by atoms with van der Waals surface area (Å²) in [4.78, 5) is 0. The van der Waals surface area contributed by atoms with Crippen LogP contribution in [0.1, 0.15) is 22.3 Å². The van der Waals surface area contributed by atoms with Gasteiger partial charge in [-0.1, -0.05) is 198 Å². The van der Waals surface area contributed by atoms with E-state index in [1.54, 1.807) is 0 Å². The first kappa shape index (κ1) is 26.4. The maximum atomic E-state index is 2.45. The molecule has 0 saturated heterocycles. The Hall–Kier alpha value is -5.24. The molecule has 0 atom stereocenters. The highest BCUT2D eigenvalue weighted by Crippen LogP contribution is 2.56. The molecule has 1 heteroatoms. The minimum Gasteiger partial charge on any atom is -0.0625 e. The van der Waals surface area contributed by atoms with Crippen LogP contribution in [0, 0.1) is 0 Å². The van der Waals surface area contributed by atoms with E-state index in [1.807, 2.05) is 0 Å². The highest BCUT2D eigenvalue weighted by atomic mass is 28.3. The van der Waals surface area contributed by atoms with Gasteiger partial charge in [0.15, 0.2) is 0 Å². The van der Waals surface area contributed by atoms with E-state index in [0.29, 0.717) is 0 Å². The predicted molar refractivity (Wildman–Crippen MR) is 188 cm³/mol. The highest BCUT2D eigenvalue weighted by molar-refractivity contribution is 6.95. The third kappa shape index (κ3) is 4.28. The average Bonchev–Trinajstić information content (AvgIpc) is 3.41. The maximum Gasteiger partial charge on any atom is 0.132 e. The van der Waals surface area contributed by atoms with Gasteiger partial charge in [-0.3, -0.25) is 0 Å². The summed E-state index contributed by atoms with van der Waals surface area (Å²) in [6.07, 6.45) is 0. The quantitative estimate of drug-likeness (QED) is 0.139. The molecule has 0 bridgehead atoms. The van der Waals surface area contributed by atoms with Crippen LogP contribution >= 0.6 is 0 Å². The Kier molecular flexibility index (Phi) is 6.66. The third-order valence-electron chi connectivity index (χ3n) is 9.28. The molecule has 0 amide bonds. The topological polar surface area (TPSA) is 0 Å². The van der Waals surface area contributed by atoms with E-state index in [4.69, 9.17) is 0 Å². The van der Waals surface area contributed by atoms with Crippen LogP contribution in [-0.2, 0) is 5.41 Å². The minimum absolute atomic E-state index is 0.368. The Morgan fingerprint density at radius 3 is 1.41 bits per heavy atom. The molecular weight excluding hydrogens is 545 g/mol. The maximum absolute atomic E-state index is 2.45. The molecule has 0 fully saturated rings. The standard InChI is InChI=1S/C43H32Si/c1-5-17-34(18-6-1)43(35-19-7-2-8-20-35)41-27-14-13-26-39(41)40-31-33(28-29-42(40)43)32-16-15-25-38(30-32)44(36-21-9-3-10-22-36)37-23-11-4-12-24-37/h1-31,44H. The number of fused-ring (bicyclic) bond motifs is 3. The Balaban J connectivity index is 1.31. The van der Waals surface area contributed by atoms with E-state index in [2.05, 4.69) is 188 Å². The van der Waals surface area contributed by atoms with Gasteiger partial charge in [-0.05, 0) is 50.6 Å². The fraction of sp³-hybridized carbons (Fsp3) is 0.0233. The van der Waals surface area contributed by atoms with E-state index in [0.717, 1.165) is 0 Å². The summed E-state index contributed by atoms with van der Waals surface area (Å²) >= 11 is 0. The van der Waals surface area contributed by atoms with Crippen molar-refractivity contribution in [2.75, 3.05) is 0 Å². The van der Waals surface area contributed by atoms with Crippen molar-refractivity contribution in [1.29, 1.82) is 0 Å². The monoisotopic (exact) mass is 576 g/mol. The Labute approximate surface area is 261 Å². The minimum atomic E-state index is -1.64. The van der Waals surface area contributed by atoms with Crippen LogP contribution in [0.3, 0.4) is 0 Å². The summed E-state index contributed by atoms with van der Waals surface area (Å²) < 4.78 is 0. The van der Waals surface area contributed by atoms with Crippen molar-refractivity contribution >= 4 is 24.4 Å². The summed E-state index contributed by atoms with van der Waals surface area (Å²) in [6.45, 7) is 0. The highest BCUT2D eigenvalue weighted by Gasteiger charge is 2.45. The summed E-state index contributed by atoms with van der Waals surface area (Å²) in [5, 5.41) is 4.31. The molecule has 1 aliphatic rings. The van der Waals surface area contributed by atoms with Crippen LogP contribution in [0.2, 0.25) is 0 Å². The van der Waals surface area contributed by atoms with Gasteiger partial charge in [0.2, 0.25) is 0 Å². The second-order valence-electron chi connectivity index (χ2n) is 11.7. The van der Waals surface area contributed by atoms with Gasteiger partial charge in [0.1, 0.15) is 8.80 Å². The molecule has 0 N–H and O–H groups in total. The summed E-state index contributed by atoms with van der Waals surface area (Å²) in [6, 6.07) is 69.6. The molecular formula is C43H32Si. The lowest BCUT2D eigenvalue weighted by molar-refractivity contribution is 0.768. The first-order chi connectivity index (χ1) is 21.8. The molecule has 44 heavy (non-hydrogen) atoms. The summed E-state index contributed by atoms with van der Waals surface area (Å²) in [7, 11) is -1.64. The smallest absolute Gasteiger partial charge is 0.0625 e. The van der Waals surface area contributed by atoms with Crippen molar-refractivity contribution in [1.82, 2.24) is 0 Å². The normalized spacial score (nSPS) is 12.9. The number of hydrogen-bond acceptors (Lipinski definition) is 0. The van der Waals surface area contributed by atoms with Gasteiger partial charge in [-0.15, -0.1) is 0 Å². The van der Waals surface area contributed by atoms with Gasteiger partial charge in [0.25, 0.3) is 0 Å². The van der Waals surface area contributed by atoms with Gasteiger partial charge < -0.3 is 0 Å². The van der Waals surface area contributed by atoms with Crippen molar-refractivity contribution in [2.45, 2.75) is 5.41 Å². The lowest BCUT2D eigenvalue weighted by atomic mass is 9.67. The lowest BCUT2D eigenvalue weighted by Gasteiger charge is -2.33. The molecule has 7 aromatic carbocycles. The second-order valence-corrected chi connectivity index (χ2v) is 14.5. The molecule has 208 valence electrons. The zero-order chi connectivity index (χ0) is 29.3. The molecule has 0 spiro atoms. The van der Waals surface area contributed by atoms with E-state index in [9.17, 15) is 0 Å². The Morgan fingerprint density at radius 1 is 0.318 bits per heavy atom. The van der Waals surface area contributed by atoms with E-state index < -0.39 is 8.80 Å². The first-order valence-corrected chi connectivity index (χ1v) is 17.1. The molecule has 0 heterocycles. The Morgan fingerprint density at radius 2 is 0.795 bits per heavy atom. The summed E-state index contributed by atoms with van der Waals surface area (Å²) in [5.41, 5.74) is 10.1. The van der Waals surface area contributed by atoms with E-state index in [-0.39, 0.29) is 5.41 Å². The average molecular weight is 577 g/mol. The van der Waals surface area contributed by atoms with Crippen LogP contribution in [0.5, 0.6) is 0 Å². The van der Waals surface area contributed by atoms with Crippen LogP contribution < -0.4 is 15.6 Å². The molecule has 0 radical (unpaired) electrons. The van der Waals surface area contributed by atoms with Crippen LogP contribution in [0.15, 0.2) is 188 Å². The zero-order valence-corrected chi connectivity index (χ0v) is 25.6. The molecule has 0 saturated carbocycles. The van der Waals surface area contributed by atoms with Crippen molar-refractivity contribution in [3.8, 4) is 22.3 Å². The van der Waals surface area contributed by atoms with Gasteiger partial charge in [0.05, 0.1) is 5.41 Å². The predicted octanol–water partition coefficient (Wildman–Crippen LogP) is 7.97. The van der Waals surface area contributed by atoms with Crippen LogP contribution in [0.4, 0.5) is 0 Å². The first-order valence-electron chi connectivity index (χ1n) is 15.4. The lowest BCUT2D eigenvalue weighted by Crippen LogP contribution is -2.51. The van der Waals surface area contributed by atoms with Gasteiger partial charge in [-0.2, -0.15) is 0 Å². The van der Waals surface area contributed by atoms with Gasteiger partial charge in [0, 0.05) is 0 Å². The van der Waals surface area contributed by atoms with Gasteiger partial charge >= 0.3 is 0 Å². The SMILES string of the molecule is c1ccc([SiH](c2ccccc2)c2cccc(-c3ccc4c(c3)-c3ccccc3C4(c3ccccc3)c3ccccc3)c2)cc1. The Bertz CT molecular complexity index is 1970. The molecule has 0 nitrogen and oxygen atoms in total.